The first-order chi connectivity index (χ1) is 7.16. The Morgan fingerprint density at radius 3 is 2.53 bits per heavy atom. The minimum Gasteiger partial charge on any atom is -0.335 e. The summed E-state index contributed by atoms with van der Waals surface area (Å²) in [5, 5.41) is 0. The average Bonchev–Trinajstić information content (AvgIpc) is 2.26. The van der Waals surface area contributed by atoms with Gasteiger partial charge in [-0.2, -0.15) is 0 Å². The summed E-state index contributed by atoms with van der Waals surface area (Å²) in [6.45, 7) is 5.03. The maximum Gasteiger partial charge on any atom is 0.254 e. The lowest BCUT2D eigenvalue weighted by molar-refractivity contribution is 0.0711. The second kappa shape index (κ2) is 5.46. The topological polar surface area (TPSA) is 59.2 Å². The standard InChI is InChI=1S/C11H17N3O/c1-9(2)14(8-5-12)11(15)10-3-6-13-7-4-10/h3-4,6-7,9H,5,8,12H2,1-2H3. The van der Waals surface area contributed by atoms with Crippen LogP contribution in [0.2, 0.25) is 0 Å². The van der Waals surface area contributed by atoms with Crippen molar-refractivity contribution in [2.75, 3.05) is 13.1 Å². The number of hydrogen-bond acceptors (Lipinski definition) is 3. The summed E-state index contributed by atoms with van der Waals surface area (Å²) >= 11 is 0. The van der Waals surface area contributed by atoms with Gasteiger partial charge in [-0.05, 0) is 26.0 Å². The van der Waals surface area contributed by atoms with E-state index >= 15 is 0 Å². The third-order valence-corrected chi connectivity index (χ3v) is 2.18. The van der Waals surface area contributed by atoms with Crippen molar-refractivity contribution in [1.29, 1.82) is 0 Å². The van der Waals surface area contributed by atoms with Gasteiger partial charge in [-0.3, -0.25) is 9.78 Å². The third-order valence-electron chi connectivity index (χ3n) is 2.18. The predicted octanol–water partition coefficient (Wildman–Crippen LogP) is 0.891. The number of aromatic nitrogens is 1. The van der Waals surface area contributed by atoms with Gasteiger partial charge >= 0.3 is 0 Å². The molecular weight excluding hydrogens is 190 g/mol. The van der Waals surface area contributed by atoms with E-state index in [-0.39, 0.29) is 11.9 Å². The van der Waals surface area contributed by atoms with E-state index in [9.17, 15) is 4.79 Å². The molecular formula is C11H17N3O. The molecule has 0 spiro atoms. The van der Waals surface area contributed by atoms with Crippen molar-refractivity contribution in [3.8, 4) is 0 Å². The summed E-state index contributed by atoms with van der Waals surface area (Å²) < 4.78 is 0. The van der Waals surface area contributed by atoms with Crippen LogP contribution in [0.1, 0.15) is 24.2 Å². The molecule has 15 heavy (non-hydrogen) atoms. The third kappa shape index (κ3) is 3.02. The molecule has 1 aromatic rings. The maximum atomic E-state index is 12.0. The number of pyridine rings is 1. The fraction of sp³-hybridized carbons (Fsp3) is 0.455. The molecule has 1 rings (SSSR count). The highest BCUT2D eigenvalue weighted by Crippen LogP contribution is 2.06. The van der Waals surface area contributed by atoms with E-state index in [2.05, 4.69) is 4.98 Å². The van der Waals surface area contributed by atoms with Gasteiger partial charge in [0.2, 0.25) is 0 Å². The quantitative estimate of drug-likeness (QED) is 0.797. The second-order valence-electron chi connectivity index (χ2n) is 3.62. The van der Waals surface area contributed by atoms with Crippen molar-refractivity contribution in [2.24, 2.45) is 5.73 Å². The number of carbonyl (C=O) groups is 1. The molecule has 0 saturated carbocycles. The van der Waals surface area contributed by atoms with E-state index in [1.165, 1.54) is 0 Å². The van der Waals surface area contributed by atoms with Gasteiger partial charge in [0.1, 0.15) is 0 Å². The molecule has 4 nitrogen and oxygen atoms in total. The van der Waals surface area contributed by atoms with E-state index in [1.807, 2.05) is 13.8 Å². The molecule has 0 aromatic carbocycles. The minimum absolute atomic E-state index is 0.0119. The van der Waals surface area contributed by atoms with Crippen LogP contribution in [0.5, 0.6) is 0 Å². The molecule has 0 unspecified atom stereocenters. The van der Waals surface area contributed by atoms with Gasteiger partial charge in [0.15, 0.2) is 0 Å². The Morgan fingerprint density at radius 2 is 2.07 bits per heavy atom. The number of nitrogens with zero attached hydrogens (tertiary/aromatic N) is 2. The zero-order valence-electron chi connectivity index (χ0n) is 9.18. The smallest absolute Gasteiger partial charge is 0.254 e. The van der Waals surface area contributed by atoms with Crippen molar-refractivity contribution >= 4 is 5.91 Å². The normalized spacial score (nSPS) is 10.4. The molecule has 2 N–H and O–H groups in total. The highest BCUT2D eigenvalue weighted by Gasteiger charge is 2.17. The van der Waals surface area contributed by atoms with Crippen LogP contribution in [0.25, 0.3) is 0 Å². The molecule has 0 aliphatic heterocycles. The Morgan fingerprint density at radius 1 is 1.47 bits per heavy atom. The first-order valence-corrected chi connectivity index (χ1v) is 5.08. The summed E-state index contributed by atoms with van der Waals surface area (Å²) in [5.41, 5.74) is 6.14. The van der Waals surface area contributed by atoms with Crippen LogP contribution in [-0.4, -0.2) is 34.9 Å². The van der Waals surface area contributed by atoms with Crippen molar-refractivity contribution in [3.05, 3.63) is 30.1 Å². The summed E-state index contributed by atoms with van der Waals surface area (Å²) in [6, 6.07) is 3.59. The lowest BCUT2D eigenvalue weighted by Crippen LogP contribution is -2.40. The SMILES string of the molecule is CC(C)N(CCN)C(=O)c1ccncc1. The Kier molecular flexibility index (Phi) is 4.24. The van der Waals surface area contributed by atoms with Crippen LogP contribution < -0.4 is 5.73 Å². The van der Waals surface area contributed by atoms with Gasteiger partial charge < -0.3 is 10.6 Å². The zero-order valence-corrected chi connectivity index (χ0v) is 9.18. The van der Waals surface area contributed by atoms with Gasteiger partial charge in [0, 0.05) is 37.1 Å². The fourth-order valence-corrected chi connectivity index (χ4v) is 1.39. The monoisotopic (exact) mass is 207 g/mol. The van der Waals surface area contributed by atoms with E-state index in [0.717, 1.165) is 0 Å². The number of amides is 1. The Labute approximate surface area is 90.1 Å². The summed E-state index contributed by atoms with van der Waals surface area (Å²) in [5.74, 6) is 0.0119. The number of hydrogen-bond donors (Lipinski definition) is 1. The van der Waals surface area contributed by atoms with E-state index in [0.29, 0.717) is 18.7 Å². The first kappa shape index (κ1) is 11.7. The van der Waals surface area contributed by atoms with Gasteiger partial charge in [-0.15, -0.1) is 0 Å². The fourth-order valence-electron chi connectivity index (χ4n) is 1.39. The van der Waals surface area contributed by atoms with Gasteiger partial charge in [0.05, 0.1) is 0 Å². The average molecular weight is 207 g/mol. The molecule has 0 saturated heterocycles. The second-order valence-corrected chi connectivity index (χ2v) is 3.62. The van der Waals surface area contributed by atoms with Crippen molar-refractivity contribution in [3.63, 3.8) is 0 Å². The van der Waals surface area contributed by atoms with Crippen molar-refractivity contribution in [1.82, 2.24) is 9.88 Å². The van der Waals surface area contributed by atoms with Crippen LogP contribution in [0, 0.1) is 0 Å². The minimum atomic E-state index is 0.0119. The summed E-state index contributed by atoms with van der Waals surface area (Å²) in [6.07, 6.45) is 3.24. The van der Waals surface area contributed by atoms with E-state index in [1.54, 1.807) is 29.4 Å². The lowest BCUT2D eigenvalue weighted by Gasteiger charge is -2.26. The molecule has 1 amide bonds. The van der Waals surface area contributed by atoms with Gasteiger partial charge in [-0.25, -0.2) is 0 Å². The Balaban J connectivity index is 2.81. The Hall–Kier alpha value is -1.42. The van der Waals surface area contributed by atoms with E-state index in [4.69, 9.17) is 5.73 Å². The summed E-state index contributed by atoms with van der Waals surface area (Å²) in [4.78, 5) is 17.7. The molecule has 82 valence electrons. The summed E-state index contributed by atoms with van der Waals surface area (Å²) in [7, 11) is 0. The first-order valence-electron chi connectivity index (χ1n) is 5.08. The van der Waals surface area contributed by atoms with Gasteiger partial charge in [0.25, 0.3) is 5.91 Å². The van der Waals surface area contributed by atoms with Crippen LogP contribution in [0.15, 0.2) is 24.5 Å². The number of rotatable bonds is 4. The van der Waals surface area contributed by atoms with Gasteiger partial charge in [-0.1, -0.05) is 0 Å². The molecule has 0 fully saturated rings. The highest BCUT2D eigenvalue weighted by atomic mass is 16.2. The van der Waals surface area contributed by atoms with Crippen LogP contribution in [0.4, 0.5) is 0 Å². The van der Waals surface area contributed by atoms with Crippen molar-refractivity contribution < 1.29 is 4.79 Å². The van der Waals surface area contributed by atoms with Crippen LogP contribution >= 0.6 is 0 Å². The molecule has 0 aliphatic rings. The van der Waals surface area contributed by atoms with Crippen molar-refractivity contribution in [2.45, 2.75) is 19.9 Å². The number of carbonyl (C=O) groups excluding carboxylic acids is 1. The maximum absolute atomic E-state index is 12.0. The zero-order chi connectivity index (χ0) is 11.3. The molecule has 1 aromatic heterocycles. The molecule has 0 radical (unpaired) electrons. The Bertz CT molecular complexity index is 311. The molecule has 1 heterocycles. The lowest BCUT2D eigenvalue weighted by atomic mass is 10.2. The molecule has 0 atom stereocenters. The number of nitrogens with two attached hydrogens (primary N) is 1. The largest absolute Gasteiger partial charge is 0.335 e. The molecule has 0 bridgehead atoms. The van der Waals surface area contributed by atoms with E-state index < -0.39 is 0 Å². The predicted molar refractivity (Wildman–Crippen MR) is 59.5 cm³/mol. The molecule has 0 aliphatic carbocycles. The molecule has 4 heteroatoms. The van der Waals surface area contributed by atoms with Crippen LogP contribution in [-0.2, 0) is 0 Å². The highest BCUT2D eigenvalue weighted by molar-refractivity contribution is 5.94. The van der Waals surface area contributed by atoms with Crippen LogP contribution in [0.3, 0.4) is 0 Å².